The third kappa shape index (κ3) is 1.55. The quantitative estimate of drug-likeness (QED) is 0.687. The molecule has 1 nitrogen and oxygen atoms in total. The van der Waals surface area contributed by atoms with Crippen molar-refractivity contribution in [1.29, 1.82) is 0 Å². The molecule has 1 aliphatic heterocycles. The van der Waals surface area contributed by atoms with E-state index in [1.54, 1.807) is 0 Å². The van der Waals surface area contributed by atoms with Crippen LogP contribution in [0.5, 0.6) is 0 Å². The highest BCUT2D eigenvalue weighted by Crippen LogP contribution is 2.36. The number of hydrogen-bond acceptors (Lipinski definition) is 2. The Labute approximate surface area is 89.8 Å². The van der Waals surface area contributed by atoms with E-state index in [1.807, 2.05) is 11.8 Å². The lowest BCUT2D eigenvalue weighted by Crippen LogP contribution is -2.25. The molecule has 14 heavy (non-hydrogen) atoms. The first-order valence-corrected chi connectivity index (χ1v) is 5.81. The predicted octanol–water partition coefficient (Wildman–Crippen LogP) is 3.76. The zero-order chi connectivity index (χ0) is 10.1. The molecule has 1 atom stereocenters. The summed E-state index contributed by atoms with van der Waals surface area (Å²) in [5, 5.41) is 2.76. The van der Waals surface area contributed by atoms with Crippen LogP contribution >= 0.6 is 11.8 Å². The van der Waals surface area contributed by atoms with Gasteiger partial charge in [-0.3, -0.25) is 0 Å². The molecule has 1 aromatic rings. The Bertz CT molecular complexity index is 370. The molecule has 0 bridgehead atoms. The summed E-state index contributed by atoms with van der Waals surface area (Å²) in [5.41, 5.74) is 4.02. The summed E-state index contributed by atoms with van der Waals surface area (Å²) in [7, 11) is 0. The lowest BCUT2D eigenvalue weighted by molar-refractivity contribution is 0.915. The van der Waals surface area contributed by atoms with Gasteiger partial charge >= 0.3 is 0 Å². The summed E-state index contributed by atoms with van der Waals surface area (Å²) < 4.78 is 0. The maximum absolute atomic E-state index is 2.39. The summed E-state index contributed by atoms with van der Waals surface area (Å²) in [6.45, 7) is 6.57. The van der Waals surface area contributed by atoms with Gasteiger partial charge in [0.05, 0.1) is 5.37 Å². The SMILES string of the molecule is CC1=CSC(C)N1c1ccccc1C. The zero-order valence-electron chi connectivity index (χ0n) is 8.82. The summed E-state index contributed by atoms with van der Waals surface area (Å²) in [6, 6.07) is 8.55. The van der Waals surface area contributed by atoms with Gasteiger partial charge in [0, 0.05) is 11.4 Å². The molecule has 0 fully saturated rings. The fourth-order valence-corrected chi connectivity index (χ4v) is 2.73. The molecule has 1 heterocycles. The van der Waals surface area contributed by atoms with Gasteiger partial charge in [-0.15, -0.1) is 11.8 Å². The number of hydrogen-bond donors (Lipinski definition) is 0. The molecule has 74 valence electrons. The van der Waals surface area contributed by atoms with Crippen LogP contribution in [0.2, 0.25) is 0 Å². The molecule has 2 rings (SSSR count). The molecule has 0 spiro atoms. The molecule has 2 heteroatoms. The fourth-order valence-electron chi connectivity index (χ4n) is 1.82. The summed E-state index contributed by atoms with van der Waals surface area (Å²) in [6.07, 6.45) is 0. The van der Waals surface area contributed by atoms with Crippen molar-refractivity contribution in [1.82, 2.24) is 0 Å². The van der Waals surface area contributed by atoms with E-state index in [0.29, 0.717) is 5.37 Å². The highest BCUT2D eigenvalue weighted by Gasteiger charge is 2.22. The van der Waals surface area contributed by atoms with E-state index in [2.05, 4.69) is 55.3 Å². The number of benzene rings is 1. The number of thioether (sulfide) groups is 1. The van der Waals surface area contributed by atoms with Gasteiger partial charge in [-0.2, -0.15) is 0 Å². The van der Waals surface area contributed by atoms with Crippen molar-refractivity contribution in [2.45, 2.75) is 26.1 Å². The molecule has 0 N–H and O–H groups in total. The second kappa shape index (κ2) is 3.70. The monoisotopic (exact) mass is 205 g/mol. The lowest BCUT2D eigenvalue weighted by atomic mass is 10.1. The van der Waals surface area contributed by atoms with Crippen LogP contribution in [0.1, 0.15) is 19.4 Å². The zero-order valence-corrected chi connectivity index (χ0v) is 9.64. The molecular weight excluding hydrogens is 190 g/mol. The van der Waals surface area contributed by atoms with E-state index in [4.69, 9.17) is 0 Å². The van der Waals surface area contributed by atoms with Gasteiger partial charge in [0.15, 0.2) is 0 Å². The Balaban J connectivity index is 2.40. The summed E-state index contributed by atoms with van der Waals surface area (Å²) in [4.78, 5) is 2.39. The van der Waals surface area contributed by atoms with Gasteiger partial charge in [-0.05, 0) is 37.8 Å². The van der Waals surface area contributed by atoms with Gasteiger partial charge in [-0.25, -0.2) is 0 Å². The van der Waals surface area contributed by atoms with E-state index in [-0.39, 0.29) is 0 Å². The highest BCUT2D eigenvalue weighted by atomic mass is 32.2. The first-order valence-electron chi connectivity index (χ1n) is 4.87. The Morgan fingerprint density at radius 1 is 1.21 bits per heavy atom. The van der Waals surface area contributed by atoms with Crippen LogP contribution < -0.4 is 4.90 Å². The van der Waals surface area contributed by atoms with Crippen molar-refractivity contribution >= 4 is 17.4 Å². The first-order chi connectivity index (χ1) is 6.70. The van der Waals surface area contributed by atoms with Crippen LogP contribution in [0.25, 0.3) is 0 Å². The maximum Gasteiger partial charge on any atom is 0.0809 e. The second-order valence-electron chi connectivity index (χ2n) is 3.65. The second-order valence-corrected chi connectivity index (χ2v) is 4.84. The lowest BCUT2D eigenvalue weighted by Gasteiger charge is -2.26. The van der Waals surface area contributed by atoms with E-state index in [1.165, 1.54) is 16.9 Å². The van der Waals surface area contributed by atoms with Crippen LogP contribution in [0, 0.1) is 6.92 Å². The molecule has 0 aliphatic carbocycles. The largest absolute Gasteiger partial charge is 0.332 e. The van der Waals surface area contributed by atoms with Gasteiger partial charge in [-0.1, -0.05) is 18.2 Å². The molecular formula is C12H15NS. The average Bonchev–Trinajstić information content (AvgIpc) is 2.48. The average molecular weight is 205 g/mol. The van der Waals surface area contributed by atoms with Crippen LogP contribution in [0.3, 0.4) is 0 Å². The van der Waals surface area contributed by atoms with Crippen LogP contribution in [-0.4, -0.2) is 5.37 Å². The van der Waals surface area contributed by atoms with Crippen molar-refractivity contribution in [2.24, 2.45) is 0 Å². The number of allylic oxidation sites excluding steroid dienone is 1. The molecule has 0 amide bonds. The third-order valence-corrected chi connectivity index (χ3v) is 3.64. The van der Waals surface area contributed by atoms with Crippen molar-refractivity contribution < 1.29 is 0 Å². The van der Waals surface area contributed by atoms with Gasteiger partial charge in [0.2, 0.25) is 0 Å². The molecule has 1 aliphatic rings. The highest BCUT2D eigenvalue weighted by molar-refractivity contribution is 8.03. The Hall–Kier alpha value is -0.890. The molecule has 0 saturated heterocycles. The van der Waals surface area contributed by atoms with Gasteiger partial charge in [0.25, 0.3) is 0 Å². The molecule has 0 radical (unpaired) electrons. The first kappa shape index (κ1) is 9.66. The minimum atomic E-state index is 0.524. The minimum absolute atomic E-state index is 0.524. The molecule has 1 aromatic carbocycles. The normalized spacial score (nSPS) is 21.2. The Kier molecular flexibility index (Phi) is 2.55. The number of aryl methyl sites for hydroxylation is 1. The van der Waals surface area contributed by atoms with Crippen molar-refractivity contribution in [2.75, 3.05) is 4.90 Å². The fraction of sp³-hybridized carbons (Fsp3) is 0.333. The minimum Gasteiger partial charge on any atom is -0.332 e. The smallest absolute Gasteiger partial charge is 0.0809 e. The van der Waals surface area contributed by atoms with E-state index < -0.39 is 0 Å². The van der Waals surface area contributed by atoms with Crippen LogP contribution in [0.4, 0.5) is 5.69 Å². The van der Waals surface area contributed by atoms with E-state index >= 15 is 0 Å². The summed E-state index contributed by atoms with van der Waals surface area (Å²) >= 11 is 1.88. The van der Waals surface area contributed by atoms with Crippen LogP contribution in [-0.2, 0) is 0 Å². The maximum atomic E-state index is 2.39. The number of rotatable bonds is 1. The van der Waals surface area contributed by atoms with E-state index in [9.17, 15) is 0 Å². The number of anilines is 1. The van der Waals surface area contributed by atoms with Crippen molar-refractivity contribution in [3.8, 4) is 0 Å². The predicted molar refractivity (Wildman–Crippen MR) is 64.5 cm³/mol. The third-order valence-electron chi connectivity index (χ3n) is 2.55. The number of para-hydroxylation sites is 1. The molecule has 0 aromatic heterocycles. The Morgan fingerprint density at radius 3 is 2.50 bits per heavy atom. The summed E-state index contributed by atoms with van der Waals surface area (Å²) in [5.74, 6) is 0. The molecule has 0 saturated carbocycles. The standard InChI is InChI=1S/C12H15NS/c1-9-6-4-5-7-12(9)13-10(2)8-14-11(13)3/h4-8,11H,1-3H3. The van der Waals surface area contributed by atoms with Crippen molar-refractivity contribution in [3.63, 3.8) is 0 Å². The topological polar surface area (TPSA) is 3.24 Å². The van der Waals surface area contributed by atoms with Gasteiger partial charge < -0.3 is 4.90 Å². The van der Waals surface area contributed by atoms with Crippen LogP contribution in [0.15, 0.2) is 35.4 Å². The number of nitrogens with zero attached hydrogens (tertiary/aromatic N) is 1. The molecule has 1 unspecified atom stereocenters. The van der Waals surface area contributed by atoms with Gasteiger partial charge in [0.1, 0.15) is 0 Å². The Morgan fingerprint density at radius 2 is 1.93 bits per heavy atom. The van der Waals surface area contributed by atoms with Crippen molar-refractivity contribution in [3.05, 3.63) is 40.9 Å². The van der Waals surface area contributed by atoms with E-state index in [0.717, 1.165) is 0 Å².